The topological polar surface area (TPSA) is 84.5 Å². The summed E-state index contributed by atoms with van der Waals surface area (Å²) in [6.45, 7) is 1.37. The van der Waals surface area contributed by atoms with Crippen LogP contribution in [0.5, 0.6) is 0 Å². The predicted molar refractivity (Wildman–Crippen MR) is 74.0 cm³/mol. The van der Waals surface area contributed by atoms with Gasteiger partial charge in [0.15, 0.2) is 0 Å². The van der Waals surface area contributed by atoms with Gasteiger partial charge in [-0.15, -0.1) is 0 Å². The number of sulfonamides is 1. The Morgan fingerprint density at radius 1 is 1.48 bits per heavy atom. The zero-order chi connectivity index (χ0) is 15.5. The molecule has 1 fully saturated rings. The first-order valence-electron chi connectivity index (χ1n) is 6.55. The molecule has 0 amide bonds. The second-order valence-electron chi connectivity index (χ2n) is 4.80. The van der Waals surface area contributed by atoms with E-state index in [-0.39, 0.29) is 16.5 Å². The number of carbonyl (C=O) groups is 1. The number of ether oxygens (including phenoxy) is 1. The highest BCUT2D eigenvalue weighted by Gasteiger charge is 2.27. The van der Waals surface area contributed by atoms with Gasteiger partial charge in [0.2, 0.25) is 10.0 Å². The Hall–Kier alpha value is -1.51. The van der Waals surface area contributed by atoms with Crippen LogP contribution < -0.4 is 10.0 Å². The van der Waals surface area contributed by atoms with Crippen LogP contribution in [0.15, 0.2) is 23.1 Å². The van der Waals surface area contributed by atoms with E-state index in [1.807, 2.05) is 0 Å². The highest BCUT2D eigenvalue weighted by molar-refractivity contribution is 7.89. The quantitative estimate of drug-likeness (QED) is 0.797. The van der Waals surface area contributed by atoms with E-state index in [2.05, 4.69) is 14.8 Å². The van der Waals surface area contributed by atoms with E-state index in [1.54, 1.807) is 0 Å². The van der Waals surface area contributed by atoms with Crippen LogP contribution in [0.2, 0.25) is 0 Å². The largest absolute Gasteiger partial charge is 0.465 e. The number of esters is 1. The van der Waals surface area contributed by atoms with Crippen molar-refractivity contribution >= 4 is 16.0 Å². The fourth-order valence-corrected chi connectivity index (χ4v) is 3.69. The van der Waals surface area contributed by atoms with Gasteiger partial charge in [0, 0.05) is 12.6 Å². The minimum atomic E-state index is -3.92. The number of halogens is 1. The molecule has 1 aromatic rings. The van der Waals surface area contributed by atoms with Crippen LogP contribution in [0.1, 0.15) is 23.2 Å². The van der Waals surface area contributed by atoms with E-state index in [9.17, 15) is 17.6 Å². The van der Waals surface area contributed by atoms with Gasteiger partial charge in [-0.2, -0.15) is 0 Å². The van der Waals surface area contributed by atoms with E-state index in [1.165, 1.54) is 0 Å². The summed E-state index contributed by atoms with van der Waals surface area (Å²) in [7, 11) is -2.81. The van der Waals surface area contributed by atoms with Crippen molar-refractivity contribution in [1.29, 1.82) is 0 Å². The Morgan fingerprint density at radius 2 is 2.24 bits per heavy atom. The molecule has 21 heavy (non-hydrogen) atoms. The minimum absolute atomic E-state index is 0.251. The second kappa shape index (κ2) is 6.50. The lowest BCUT2D eigenvalue weighted by Crippen LogP contribution is -2.45. The molecular weight excluding hydrogens is 299 g/mol. The van der Waals surface area contributed by atoms with E-state index in [0.717, 1.165) is 38.3 Å². The van der Waals surface area contributed by atoms with Gasteiger partial charge in [-0.1, -0.05) is 0 Å². The molecule has 0 spiro atoms. The van der Waals surface area contributed by atoms with Crippen molar-refractivity contribution in [2.45, 2.75) is 23.8 Å². The van der Waals surface area contributed by atoms with Gasteiger partial charge < -0.3 is 10.1 Å². The Labute approximate surface area is 122 Å². The smallest absolute Gasteiger partial charge is 0.339 e. The van der Waals surface area contributed by atoms with Crippen molar-refractivity contribution in [2.75, 3.05) is 20.2 Å². The molecular formula is C13H17FN2O4S. The summed E-state index contributed by atoms with van der Waals surface area (Å²) in [5.41, 5.74) is -0.311. The van der Waals surface area contributed by atoms with Gasteiger partial charge >= 0.3 is 5.97 Å². The van der Waals surface area contributed by atoms with E-state index in [4.69, 9.17) is 0 Å². The molecule has 1 heterocycles. The summed E-state index contributed by atoms with van der Waals surface area (Å²) in [5, 5.41) is 3.09. The van der Waals surface area contributed by atoms with Crippen molar-refractivity contribution < 1.29 is 22.3 Å². The number of hydrogen-bond acceptors (Lipinski definition) is 5. The summed E-state index contributed by atoms with van der Waals surface area (Å²) in [6.07, 6.45) is 1.57. The molecule has 0 aliphatic carbocycles. The maximum atomic E-state index is 13.3. The van der Waals surface area contributed by atoms with E-state index in [0.29, 0.717) is 13.0 Å². The maximum Gasteiger partial charge on any atom is 0.339 e. The van der Waals surface area contributed by atoms with Crippen molar-refractivity contribution in [3.05, 3.63) is 29.6 Å². The molecule has 1 aliphatic rings. The first-order chi connectivity index (χ1) is 9.94. The molecule has 2 rings (SSSR count). The number of piperidine rings is 1. The minimum Gasteiger partial charge on any atom is -0.465 e. The summed E-state index contributed by atoms with van der Waals surface area (Å²) >= 11 is 0. The highest BCUT2D eigenvalue weighted by atomic mass is 32.2. The first-order valence-corrected chi connectivity index (χ1v) is 8.03. The molecule has 1 atom stereocenters. The Morgan fingerprint density at radius 3 is 2.86 bits per heavy atom. The third-order valence-corrected chi connectivity index (χ3v) is 4.83. The maximum absolute atomic E-state index is 13.3. The highest BCUT2D eigenvalue weighted by Crippen LogP contribution is 2.19. The Bertz CT molecular complexity index is 627. The molecule has 0 saturated carbocycles. The first kappa shape index (κ1) is 15.9. The average molecular weight is 316 g/mol. The average Bonchev–Trinajstić information content (AvgIpc) is 2.46. The number of hydrogen-bond donors (Lipinski definition) is 2. The van der Waals surface area contributed by atoms with Crippen molar-refractivity contribution in [2.24, 2.45) is 0 Å². The molecule has 1 aromatic carbocycles. The Balaban J connectivity index is 2.32. The Kier molecular flexibility index (Phi) is 4.92. The molecule has 0 radical (unpaired) electrons. The van der Waals surface area contributed by atoms with Gasteiger partial charge in [-0.05, 0) is 37.6 Å². The van der Waals surface area contributed by atoms with E-state index < -0.39 is 21.8 Å². The standard InChI is InChI=1S/C13H17FN2O4S/c1-20-13(17)11-7-9(14)4-5-12(11)21(18,19)16-10-3-2-6-15-8-10/h4-5,7,10,15-16H,2-3,6,8H2,1H3. The predicted octanol–water partition coefficient (Wildman–Crippen LogP) is 0.643. The third kappa shape index (κ3) is 3.78. The summed E-state index contributed by atoms with van der Waals surface area (Å²) < 4.78 is 45.1. The fourth-order valence-electron chi connectivity index (χ4n) is 2.24. The molecule has 1 aliphatic heterocycles. The van der Waals surface area contributed by atoms with Gasteiger partial charge in [0.05, 0.1) is 17.6 Å². The summed E-state index contributed by atoms with van der Waals surface area (Å²) in [4.78, 5) is 11.4. The zero-order valence-electron chi connectivity index (χ0n) is 11.6. The lowest BCUT2D eigenvalue weighted by molar-refractivity contribution is 0.0595. The molecule has 1 saturated heterocycles. The van der Waals surface area contributed by atoms with Gasteiger partial charge in [0.25, 0.3) is 0 Å². The SMILES string of the molecule is COC(=O)c1cc(F)ccc1S(=O)(=O)NC1CCCNC1. The van der Waals surface area contributed by atoms with E-state index >= 15 is 0 Å². The molecule has 6 nitrogen and oxygen atoms in total. The van der Waals surface area contributed by atoms with Crippen molar-refractivity contribution in [3.8, 4) is 0 Å². The van der Waals surface area contributed by atoms with Crippen LogP contribution >= 0.6 is 0 Å². The zero-order valence-corrected chi connectivity index (χ0v) is 12.4. The molecule has 0 aromatic heterocycles. The summed E-state index contributed by atoms with van der Waals surface area (Å²) in [5.74, 6) is -1.59. The fraction of sp³-hybridized carbons (Fsp3) is 0.462. The number of carbonyl (C=O) groups excluding carboxylic acids is 1. The second-order valence-corrected chi connectivity index (χ2v) is 6.48. The van der Waals surface area contributed by atoms with Crippen LogP contribution in [0.25, 0.3) is 0 Å². The number of methoxy groups -OCH3 is 1. The van der Waals surface area contributed by atoms with Gasteiger partial charge in [-0.25, -0.2) is 22.3 Å². The molecule has 2 N–H and O–H groups in total. The van der Waals surface area contributed by atoms with Crippen LogP contribution in [-0.2, 0) is 14.8 Å². The molecule has 116 valence electrons. The number of benzene rings is 1. The van der Waals surface area contributed by atoms with Gasteiger partial charge in [-0.3, -0.25) is 0 Å². The third-order valence-electron chi connectivity index (χ3n) is 3.26. The molecule has 0 bridgehead atoms. The van der Waals surface area contributed by atoms with Crippen LogP contribution in [0, 0.1) is 5.82 Å². The number of rotatable bonds is 4. The van der Waals surface area contributed by atoms with Crippen LogP contribution in [0.4, 0.5) is 4.39 Å². The van der Waals surface area contributed by atoms with Crippen LogP contribution in [0.3, 0.4) is 0 Å². The lowest BCUT2D eigenvalue weighted by atomic mass is 10.1. The summed E-state index contributed by atoms with van der Waals surface area (Å²) in [6, 6.07) is 2.68. The van der Waals surface area contributed by atoms with Crippen molar-refractivity contribution in [3.63, 3.8) is 0 Å². The molecule has 8 heteroatoms. The van der Waals surface area contributed by atoms with Gasteiger partial charge in [0.1, 0.15) is 5.82 Å². The lowest BCUT2D eigenvalue weighted by Gasteiger charge is -2.24. The monoisotopic (exact) mass is 316 g/mol. The van der Waals surface area contributed by atoms with Crippen LogP contribution in [-0.4, -0.2) is 40.6 Å². The molecule has 1 unspecified atom stereocenters. The van der Waals surface area contributed by atoms with Crippen molar-refractivity contribution in [1.82, 2.24) is 10.0 Å². The number of nitrogens with one attached hydrogen (secondary N) is 2. The normalized spacial score (nSPS) is 19.2.